The summed E-state index contributed by atoms with van der Waals surface area (Å²) < 4.78 is 5.42. The van der Waals surface area contributed by atoms with E-state index < -0.39 is 0 Å². The van der Waals surface area contributed by atoms with E-state index in [2.05, 4.69) is 29.6 Å². The maximum absolute atomic E-state index is 9.00. The Morgan fingerprint density at radius 2 is 1.52 bits per heavy atom. The minimum absolute atomic E-state index is 0.107. The fourth-order valence-corrected chi connectivity index (χ4v) is 2.15. The van der Waals surface area contributed by atoms with E-state index in [0.717, 1.165) is 30.8 Å². The first kappa shape index (κ1) is 15.5. The van der Waals surface area contributed by atoms with E-state index in [9.17, 15) is 0 Å². The summed E-state index contributed by atoms with van der Waals surface area (Å²) in [4.78, 5) is 0. The van der Waals surface area contributed by atoms with Gasteiger partial charge in [0.15, 0.2) is 0 Å². The Morgan fingerprint density at radius 1 is 0.905 bits per heavy atom. The van der Waals surface area contributed by atoms with Crippen LogP contribution in [0.1, 0.15) is 23.6 Å². The number of rotatable bonds is 8. The Balaban J connectivity index is 1.71. The van der Waals surface area contributed by atoms with Crippen molar-refractivity contribution in [1.29, 1.82) is 0 Å². The summed E-state index contributed by atoms with van der Waals surface area (Å²) in [6.07, 6.45) is 0.989. The molecule has 0 fully saturated rings. The lowest BCUT2D eigenvalue weighted by Gasteiger charge is -2.07. The highest BCUT2D eigenvalue weighted by Gasteiger charge is 1.97. The van der Waals surface area contributed by atoms with Gasteiger partial charge in [-0.2, -0.15) is 0 Å². The van der Waals surface area contributed by atoms with Gasteiger partial charge in [-0.3, -0.25) is 0 Å². The van der Waals surface area contributed by atoms with E-state index in [-0.39, 0.29) is 6.61 Å². The highest BCUT2D eigenvalue weighted by atomic mass is 16.5. The standard InChI is InChI=1S/C18H23NO2/c1-2-21-18-9-7-16(8-10-18)13-19-12-11-15-3-5-17(14-20)6-4-15/h3-10,19-20H,2,11-14H2,1H3. The van der Waals surface area contributed by atoms with Crippen LogP contribution < -0.4 is 10.1 Å². The van der Waals surface area contributed by atoms with Crippen molar-refractivity contribution in [2.24, 2.45) is 0 Å². The fraction of sp³-hybridized carbons (Fsp3) is 0.333. The first-order valence-corrected chi connectivity index (χ1v) is 7.43. The number of aliphatic hydroxyl groups excluding tert-OH is 1. The molecule has 0 aromatic heterocycles. The second-order valence-electron chi connectivity index (χ2n) is 4.98. The van der Waals surface area contributed by atoms with Crippen LogP contribution in [0.3, 0.4) is 0 Å². The van der Waals surface area contributed by atoms with Crippen molar-refractivity contribution < 1.29 is 9.84 Å². The summed E-state index contributed by atoms with van der Waals surface area (Å²) in [5.74, 6) is 0.922. The lowest BCUT2D eigenvalue weighted by Crippen LogP contribution is -2.16. The summed E-state index contributed by atoms with van der Waals surface area (Å²) in [7, 11) is 0. The smallest absolute Gasteiger partial charge is 0.119 e. The lowest BCUT2D eigenvalue weighted by molar-refractivity contribution is 0.282. The predicted molar refractivity (Wildman–Crippen MR) is 85.4 cm³/mol. The Bertz CT molecular complexity index is 520. The molecule has 0 saturated carbocycles. The molecule has 0 aliphatic heterocycles. The highest BCUT2D eigenvalue weighted by Crippen LogP contribution is 2.12. The molecule has 2 aromatic carbocycles. The number of nitrogens with one attached hydrogen (secondary N) is 1. The molecule has 3 nitrogen and oxygen atoms in total. The van der Waals surface area contributed by atoms with Crippen LogP contribution in [0.15, 0.2) is 48.5 Å². The Kier molecular flexibility index (Phi) is 6.25. The second kappa shape index (κ2) is 8.45. The molecule has 2 aromatic rings. The van der Waals surface area contributed by atoms with Gasteiger partial charge in [-0.1, -0.05) is 36.4 Å². The maximum Gasteiger partial charge on any atom is 0.119 e. The SMILES string of the molecule is CCOc1ccc(CNCCc2ccc(CO)cc2)cc1. The summed E-state index contributed by atoms with van der Waals surface area (Å²) in [6.45, 7) is 4.60. The van der Waals surface area contributed by atoms with E-state index in [0.29, 0.717) is 6.61 Å². The molecule has 0 amide bonds. The average molecular weight is 285 g/mol. The number of ether oxygens (including phenoxy) is 1. The summed E-state index contributed by atoms with van der Waals surface area (Å²) >= 11 is 0. The van der Waals surface area contributed by atoms with Gasteiger partial charge < -0.3 is 15.2 Å². The van der Waals surface area contributed by atoms with Gasteiger partial charge in [0.25, 0.3) is 0 Å². The van der Waals surface area contributed by atoms with Crippen LogP contribution >= 0.6 is 0 Å². The number of aliphatic hydroxyl groups is 1. The molecule has 0 spiro atoms. The Labute approximate surface area is 126 Å². The van der Waals surface area contributed by atoms with Gasteiger partial charge in [0, 0.05) is 6.54 Å². The molecule has 0 heterocycles. The molecular formula is C18H23NO2. The third-order valence-electron chi connectivity index (χ3n) is 3.36. The van der Waals surface area contributed by atoms with Crippen molar-refractivity contribution in [3.05, 3.63) is 65.2 Å². The van der Waals surface area contributed by atoms with Crippen LogP contribution in [0.5, 0.6) is 5.75 Å². The highest BCUT2D eigenvalue weighted by molar-refractivity contribution is 5.27. The van der Waals surface area contributed by atoms with Crippen LogP contribution in [-0.2, 0) is 19.6 Å². The largest absolute Gasteiger partial charge is 0.494 e. The first-order valence-electron chi connectivity index (χ1n) is 7.43. The molecule has 0 saturated heterocycles. The first-order chi connectivity index (χ1) is 10.3. The normalized spacial score (nSPS) is 10.6. The van der Waals surface area contributed by atoms with Gasteiger partial charge in [-0.25, -0.2) is 0 Å². The van der Waals surface area contributed by atoms with Crippen molar-refractivity contribution >= 4 is 0 Å². The van der Waals surface area contributed by atoms with Gasteiger partial charge in [-0.05, 0) is 48.7 Å². The van der Waals surface area contributed by atoms with E-state index in [1.165, 1.54) is 11.1 Å². The molecule has 3 heteroatoms. The molecule has 2 rings (SSSR count). The van der Waals surface area contributed by atoms with Crippen molar-refractivity contribution in [3.8, 4) is 5.75 Å². The quantitative estimate of drug-likeness (QED) is 0.733. The zero-order valence-corrected chi connectivity index (χ0v) is 12.5. The molecule has 2 N–H and O–H groups in total. The fourth-order valence-electron chi connectivity index (χ4n) is 2.15. The minimum Gasteiger partial charge on any atom is -0.494 e. The third-order valence-corrected chi connectivity index (χ3v) is 3.36. The minimum atomic E-state index is 0.107. The lowest BCUT2D eigenvalue weighted by atomic mass is 10.1. The van der Waals surface area contributed by atoms with Crippen LogP contribution in [-0.4, -0.2) is 18.3 Å². The molecule has 0 atom stereocenters. The summed E-state index contributed by atoms with van der Waals surface area (Å²) in [5, 5.41) is 12.4. The van der Waals surface area contributed by atoms with E-state index >= 15 is 0 Å². The maximum atomic E-state index is 9.00. The van der Waals surface area contributed by atoms with E-state index in [4.69, 9.17) is 9.84 Å². The van der Waals surface area contributed by atoms with E-state index in [1.807, 2.05) is 31.2 Å². The third kappa shape index (κ3) is 5.21. The second-order valence-corrected chi connectivity index (χ2v) is 4.98. The van der Waals surface area contributed by atoms with Crippen LogP contribution in [0.25, 0.3) is 0 Å². The molecule has 0 aliphatic rings. The number of hydrogen-bond donors (Lipinski definition) is 2. The molecule has 0 unspecified atom stereocenters. The zero-order chi connectivity index (χ0) is 14.9. The van der Waals surface area contributed by atoms with Crippen molar-refractivity contribution in [2.75, 3.05) is 13.2 Å². The van der Waals surface area contributed by atoms with Gasteiger partial charge in [0.05, 0.1) is 13.2 Å². The topological polar surface area (TPSA) is 41.5 Å². The Hall–Kier alpha value is -1.84. The van der Waals surface area contributed by atoms with Crippen molar-refractivity contribution in [2.45, 2.75) is 26.5 Å². The van der Waals surface area contributed by atoms with Crippen molar-refractivity contribution in [3.63, 3.8) is 0 Å². The molecule has 112 valence electrons. The Morgan fingerprint density at radius 3 is 2.14 bits per heavy atom. The van der Waals surface area contributed by atoms with Gasteiger partial charge in [-0.15, -0.1) is 0 Å². The van der Waals surface area contributed by atoms with Crippen LogP contribution in [0.4, 0.5) is 0 Å². The van der Waals surface area contributed by atoms with E-state index in [1.54, 1.807) is 0 Å². The summed E-state index contributed by atoms with van der Waals surface area (Å²) in [5.41, 5.74) is 3.50. The summed E-state index contributed by atoms with van der Waals surface area (Å²) in [6, 6.07) is 16.3. The zero-order valence-electron chi connectivity index (χ0n) is 12.5. The van der Waals surface area contributed by atoms with Gasteiger partial charge in [0.2, 0.25) is 0 Å². The number of benzene rings is 2. The predicted octanol–water partition coefficient (Wildman–Crippen LogP) is 2.91. The molecule has 0 bridgehead atoms. The van der Waals surface area contributed by atoms with Crippen LogP contribution in [0, 0.1) is 0 Å². The molecule has 0 aliphatic carbocycles. The molecule has 0 radical (unpaired) electrons. The average Bonchev–Trinajstić information content (AvgIpc) is 2.54. The molecular weight excluding hydrogens is 262 g/mol. The monoisotopic (exact) mass is 285 g/mol. The van der Waals surface area contributed by atoms with Gasteiger partial charge >= 0.3 is 0 Å². The number of hydrogen-bond acceptors (Lipinski definition) is 3. The van der Waals surface area contributed by atoms with Gasteiger partial charge in [0.1, 0.15) is 5.75 Å². The van der Waals surface area contributed by atoms with Crippen LogP contribution in [0.2, 0.25) is 0 Å². The molecule has 21 heavy (non-hydrogen) atoms. The van der Waals surface area contributed by atoms with Crippen molar-refractivity contribution in [1.82, 2.24) is 5.32 Å².